The number of likely N-dealkylation sites (tertiary alicyclic amines) is 1. The lowest BCUT2D eigenvalue weighted by molar-refractivity contribution is -0.139. The monoisotopic (exact) mass is 721 g/mol. The van der Waals surface area contributed by atoms with E-state index in [1.54, 1.807) is 4.90 Å². The molecule has 52 heavy (non-hydrogen) atoms. The van der Waals surface area contributed by atoms with Gasteiger partial charge in [-0.05, 0) is 80.4 Å². The van der Waals surface area contributed by atoms with E-state index in [2.05, 4.69) is 59.4 Å². The zero-order valence-corrected chi connectivity index (χ0v) is 31.6. The van der Waals surface area contributed by atoms with E-state index in [-0.39, 0.29) is 42.1 Å². The fourth-order valence-electron chi connectivity index (χ4n) is 7.00. The number of primary amides is 1. The molecule has 2 aromatic carbocycles. The van der Waals surface area contributed by atoms with Gasteiger partial charge in [-0.3, -0.25) is 19.2 Å². The fourth-order valence-corrected chi connectivity index (χ4v) is 7.00. The SMILES string of the molecule is CC(=O)NCC1(CC(N)=O)CCN(C(=O)C(CCCCN)NC(=O)C(CC(C)C)NCC(Cc2ccccc2)NCC(N)Cc2ccccc2)CC1. The van der Waals surface area contributed by atoms with Crippen LogP contribution in [0.2, 0.25) is 0 Å². The first-order valence-electron chi connectivity index (χ1n) is 19.0. The highest BCUT2D eigenvalue weighted by Gasteiger charge is 2.39. The highest BCUT2D eigenvalue weighted by molar-refractivity contribution is 5.90. The number of unbranched alkanes of at least 4 members (excludes halogenated alkanes) is 1. The highest BCUT2D eigenvalue weighted by Crippen LogP contribution is 2.34. The van der Waals surface area contributed by atoms with Crippen LogP contribution < -0.4 is 38.5 Å². The summed E-state index contributed by atoms with van der Waals surface area (Å²) in [6, 6.07) is 19.2. The van der Waals surface area contributed by atoms with Crippen LogP contribution >= 0.6 is 0 Å². The smallest absolute Gasteiger partial charge is 0.245 e. The molecule has 2 aromatic rings. The van der Waals surface area contributed by atoms with Crippen LogP contribution in [0.5, 0.6) is 0 Å². The Morgan fingerprint density at radius 1 is 0.846 bits per heavy atom. The summed E-state index contributed by atoms with van der Waals surface area (Å²) in [7, 11) is 0. The summed E-state index contributed by atoms with van der Waals surface area (Å²) >= 11 is 0. The molecular weight excluding hydrogens is 656 g/mol. The molecular formula is C40H64N8O4. The predicted octanol–water partition coefficient (Wildman–Crippen LogP) is 2.00. The van der Waals surface area contributed by atoms with Crippen LogP contribution in [0.25, 0.3) is 0 Å². The van der Waals surface area contributed by atoms with Gasteiger partial charge in [0.15, 0.2) is 0 Å². The van der Waals surface area contributed by atoms with Gasteiger partial charge in [0.25, 0.3) is 0 Å². The molecule has 1 aliphatic heterocycles. The van der Waals surface area contributed by atoms with Crippen LogP contribution in [0.15, 0.2) is 60.7 Å². The topological polar surface area (TPSA) is 198 Å². The van der Waals surface area contributed by atoms with Gasteiger partial charge in [-0.2, -0.15) is 0 Å². The first kappa shape index (κ1) is 42.6. The van der Waals surface area contributed by atoms with E-state index in [1.165, 1.54) is 18.1 Å². The first-order chi connectivity index (χ1) is 24.9. The molecule has 4 unspecified atom stereocenters. The van der Waals surface area contributed by atoms with Gasteiger partial charge in [0.05, 0.1) is 6.04 Å². The molecule has 10 N–H and O–H groups in total. The van der Waals surface area contributed by atoms with Gasteiger partial charge in [0.2, 0.25) is 23.6 Å². The third-order valence-electron chi connectivity index (χ3n) is 9.93. The average Bonchev–Trinajstić information content (AvgIpc) is 3.11. The maximum atomic E-state index is 14.0. The molecule has 1 saturated heterocycles. The lowest BCUT2D eigenvalue weighted by Gasteiger charge is -2.42. The molecule has 288 valence electrons. The lowest BCUT2D eigenvalue weighted by Crippen LogP contribution is -2.57. The molecule has 0 saturated carbocycles. The Kier molecular flexibility index (Phi) is 18.2. The Labute approximate surface area is 310 Å². The summed E-state index contributed by atoms with van der Waals surface area (Å²) in [5, 5.41) is 13.2. The molecule has 3 rings (SSSR count). The number of nitrogens with two attached hydrogens (primary N) is 3. The maximum Gasteiger partial charge on any atom is 0.245 e. The molecule has 0 radical (unpaired) electrons. The minimum absolute atomic E-state index is 0.0141. The molecule has 1 heterocycles. The molecule has 1 fully saturated rings. The largest absolute Gasteiger partial charge is 0.370 e. The molecule has 0 bridgehead atoms. The number of hydrogen-bond donors (Lipinski definition) is 7. The van der Waals surface area contributed by atoms with Gasteiger partial charge in [0.1, 0.15) is 6.04 Å². The van der Waals surface area contributed by atoms with Crippen molar-refractivity contribution in [3.8, 4) is 0 Å². The number of amides is 4. The van der Waals surface area contributed by atoms with E-state index in [0.29, 0.717) is 71.4 Å². The van der Waals surface area contributed by atoms with E-state index in [0.717, 1.165) is 19.3 Å². The number of benzene rings is 2. The summed E-state index contributed by atoms with van der Waals surface area (Å²) in [6.45, 7) is 8.40. The second-order valence-electron chi connectivity index (χ2n) is 15.1. The number of carbonyl (C=O) groups excluding carboxylic acids is 4. The van der Waals surface area contributed by atoms with Crippen LogP contribution in [-0.2, 0) is 32.0 Å². The van der Waals surface area contributed by atoms with Gasteiger partial charge in [0, 0.05) is 58.2 Å². The molecule has 1 aliphatic rings. The summed E-state index contributed by atoms with van der Waals surface area (Å²) < 4.78 is 0. The number of piperidine rings is 1. The Morgan fingerprint density at radius 2 is 1.46 bits per heavy atom. The minimum atomic E-state index is -0.705. The standard InChI is InChI=1S/C40H64N8O4/c1-29(2)22-36(45-27-34(24-32-14-8-5-9-15-32)44-26-33(42)23-31-12-6-4-7-13-31)38(51)47-35(16-10-11-19-41)39(52)48-20-17-40(18-21-48,25-37(43)50)28-46-30(3)49/h4-9,12-15,29,33-36,44-45H,10-11,16-28,41-42H2,1-3H3,(H2,43,50)(H,46,49)(H,47,51). The molecule has 0 spiro atoms. The highest BCUT2D eigenvalue weighted by atomic mass is 16.2. The maximum absolute atomic E-state index is 14.0. The van der Waals surface area contributed by atoms with E-state index in [4.69, 9.17) is 17.2 Å². The number of rotatable bonds is 23. The predicted molar refractivity (Wildman–Crippen MR) is 207 cm³/mol. The summed E-state index contributed by atoms with van der Waals surface area (Å²) in [6.07, 6.45) is 5.21. The average molecular weight is 721 g/mol. The van der Waals surface area contributed by atoms with Crippen molar-refractivity contribution in [2.75, 3.05) is 39.3 Å². The Bertz CT molecular complexity index is 1370. The van der Waals surface area contributed by atoms with Gasteiger partial charge in [-0.1, -0.05) is 74.5 Å². The van der Waals surface area contributed by atoms with E-state index < -0.39 is 23.4 Å². The minimum Gasteiger partial charge on any atom is -0.370 e. The third kappa shape index (κ3) is 15.4. The van der Waals surface area contributed by atoms with Crippen molar-refractivity contribution in [3.63, 3.8) is 0 Å². The Hall–Kier alpha value is -3.84. The van der Waals surface area contributed by atoms with Crippen LogP contribution in [0.1, 0.15) is 76.8 Å². The van der Waals surface area contributed by atoms with Crippen LogP contribution in [0.3, 0.4) is 0 Å². The van der Waals surface area contributed by atoms with Crippen LogP contribution in [-0.4, -0.2) is 92.0 Å². The number of nitrogens with one attached hydrogen (secondary N) is 4. The molecule has 12 nitrogen and oxygen atoms in total. The number of hydrogen-bond acceptors (Lipinski definition) is 8. The van der Waals surface area contributed by atoms with Crippen LogP contribution in [0.4, 0.5) is 0 Å². The van der Waals surface area contributed by atoms with Crippen molar-refractivity contribution in [2.24, 2.45) is 28.5 Å². The van der Waals surface area contributed by atoms with Gasteiger partial charge in [-0.25, -0.2) is 0 Å². The van der Waals surface area contributed by atoms with Crippen molar-refractivity contribution in [3.05, 3.63) is 71.8 Å². The number of carbonyl (C=O) groups is 4. The number of nitrogens with zero attached hydrogens (tertiary/aromatic N) is 1. The van der Waals surface area contributed by atoms with Crippen molar-refractivity contribution in [2.45, 2.75) is 103 Å². The molecule has 12 heteroatoms. The quantitative estimate of drug-likeness (QED) is 0.0846. The fraction of sp³-hybridized carbons (Fsp3) is 0.600. The Balaban J connectivity index is 1.69. The van der Waals surface area contributed by atoms with Crippen molar-refractivity contribution in [1.82, 2.24) is 26.2 Å². The summed E-state index contributed by atoms with van der Waals surface area (Å²) in [5.41, 5.74) is 19.8. The second-order valence-corrected chi connectivity index (χ2v) is 15.1. The zero-order valence-electron chi connectivity index (χ0n) is 31.6. The lowest BCUT2D eigenvalue weighted by atomic mass is 9.75. The van der Waals surface area contributed by atoms with E-state index >= 15 is 0 Å². The van der Waals surface area contributed by atoms with Gasteiger partial charge >= 0.3 is 0 Å². The molecule has 4 amide bonds. The van der Waals surface area contributed by atoms with Crippen molar-refractivity contribution < 1.29 is 19.2 Å². The molecule has 4 atom stereocenters. The van der Waals surface area contributed by atoms with Crippen molar-refractivity contribution >= 4 is 23.6 Å². The normalized spacial score (nSPS) is 16.5. The van der Waals surface area contributed by atoms with E-state index in [1.807, 2.05) is 36.4 Å². The van der Waals surface area contributed by atoms with Crippen LogP contribution in [0, 0.1) is 11.3 Å². The van der Waals surface area contributed by atoms with E-state index in [9.17, 15) is 19.2 Å². The first-order valence-corrected chi connectivity index (χ1v) is 19.0. The zero-order chi connectivity index (χ0) is 37.9. The van der Waals surface area contributed by atoms with Gasteiger partial charge in [-0.15, -0.1) is 0 Å². The molecule has 0 aromatic heterocycles. The van der Waals surface area contributed by atoms with Crippen molar-refractivity contribution in [1.29, 1.82) is 0 Å². The van der Waals surface area contributed by atoms with Gasteiger partial charge < -0.3 is 43.4 Å². The Morgan fingerprint density at radius 3 is 2.02 bits per heavy atom. The summed E-state index contributed by atoms with van der Waals surface area (Å²) in [4.78, 5) is 53.4. The third-order valence-corrected chi connectivity index (χ3v) is 9.93. The molecule has 0 aliphatic carbocycles. The second kappa shape index (κ2) is 22.3. The summed E-state index contributed by atoms with van der Waals surface area (Å²) in [5.74, 6) is -0.722.